The second-order valence-electron chi connectivity index (χ2n) is 7.01. The molecule has 0 amide bonds. The van der Waals surface area contributed by atoms with Crippen molar-refractivity contribution < 1.29 is 14.3 Å². The van der Waals surface area contributed by atoms with Crippen molar-refractivity contribution >= 4 is 54.9 Å². The highest BCUT2D eigenvalue weighted by Gasteiger charge is 2.42. The Hall–Kier alpha value is -2.16. The number of benzene rings is 2. The first-order chi connectivity index (χ1) is 14.5. The van der Waals surface area contributed by atoms with E-state index < -0.39 is 6.23 Å². The average molecular weight is 548 g/mol. The third-order valence-electron chi connectivity index (χ3n) is 5.23. The zero-order chi connectivity index (χ0) is 20.8. The molecular weight excluding hydrogens is 532 g/mol. The number of nitrogens with zero attached hydrogens (tertiary/aromatic N) is 2. The predicted molar refractivity (Wildman–Crippen MR) is 123 cm³/mol. The maximum atomic E-state index is 11.8. The van der Waals surface area contributed by atoms with E-state index in [2.05, 4.69) is 49.4 Å². The predicted octanol–water partition coefficient (Wildman–Crippen LogP) is 6.30. The van der Waals surface area contributed by atoms with E-state index in [1.165, 1.54) is 12.0 Å². The van der Waals surface area contributed by atoms with Gasteiger partial charge < -0.3 is 9.47 Å². The summed E-state index contributed by atoms with van der Waals surface area (Å²) in [5.41, 5.74) is 3.57. The molecule has 2 aromatic carbocycles. The van der Waals surface area contributed by atoms with Crippen molar-refractivity contribution in [2.75, 3.05) is 7.11 Å². The number of rotatable bonds is 3. The van der Waals surface area contributed by atoms with Crippen LogP contribution in [0.1, 0.15) is 45.1 Å². The van der Waals surface area contributed by atoms with E-state index in [0.29, 0.717) is 5.56 Å². The van der Waals surface area contributed by atoms with Gasteiger partial charge in [-0.15, -0.1) is 11.3 Å². The molecule has 0 unspecified atom stereocenters. The van der Waals surface area contributed by atoms with Gasteiger partial charge in [-0.3, -0.25) is 0 Å². The largest absolute Gasteiger partial charge is 0.465 e. The molecule has 30 heavy (non-hydrogen) atoms. The van der Waals surface area contributed by atoms with Crippen LogP contribution < -0.4 is 4.74 Å². The van der Waals surface area contributed by atoms with E-state index in [-0.39, 0.29) is 12.0 Å². The Kier molecular flexibility index (Phi) is 5.16. The van der Waals surface area contributed by atoms with Crippen molar-refractivity contribution in [3.8, 4) is 5.75 Å². The molecule has 2 aliphatic heterocycles. The number of ether oxygens (including phenoxy) is 2. The summed E-state index contributed by atoms with van der Waals surface area (Å²) in [5.74, 6) is 0.463. The Morgan fingerprint density at radius 3 is 2.73 bits per heavy atom. The zero-order valence-corrected chi connectivity index (χ0v) is 19.8. The van der Waals surface area contributed by atoms with Crippen LogP contribution in [-0.2, 0) is 4.74 Å². The van der Waals surface area contributed by atoms with Gasteiger partial charge >= 0.3 is 5.97 Å². The Bertz CT molecular complexity index is 1150. The molecule has 152 valence electrons. The fourth-order valence-corrected chi connectivity index (χ4v) is 5.90. The highest BCUT2D eigenvalue weighted by Crippen LogP contribution is 2.51. The van der Waals surface area contributed by atoms with Crippen molar-refractivity contribution in [3.63, 3.8) is 0 Å². The van der Waals surface area contributed by atoms with Crippen LogP contribution in [-0.4, -0.2) is 23.8 Å². The number of fused-ring (bicyclic) bond motifs is 3. The summed E-state index contributed by atoms with van der Waals surface area (Å²) in [6, 6.07) is 15.6. The number of thiophene rings is 1. The molecule has 0 saturated carbocycles. The molecule has 5 nitrogen and oxygen atoms in total. The van der Waals surface area contributed by atoms with E-state index in [1.54, 1.807) is 23.5 Å². The van der Waals surface area contributed by atoms with Gasteiger partial charge in [-0.2, -0.15) is 5.10 Å². The third kappa shape index (κ3) is 3.36. The number of hydrogen-bond acceptors (Lipinski definition) is 6. The van der Waals surface area contributed by atoms with Gasteiger partial charge in [0.25, 0.3) is 0 Å². The molecule has 1 aromatic heterocycles. The number of hydrogen-bond donors (Lipinski definition) is 0. The standard InChI is InChI=1S/C22H16Br2N2O3S/c1-28-22(27)13-6-4-12(5-7-13)21-26-18(11-17(25-26)19-3-2-8-30-19)15-9-14(23)10-16(24)20(15)29-21/h2-10,18,21H,11H2,1H3/t18-,21+/m1/s1. The molecule has 8 heteroatoms. The summed E-state index contributed by atoms with van der Waals surface area (Å²) in [4.78, 5) is 13.0. The minimum atomic E-state index is -0.399. The van der Waals surface area contributed by atoms with Gasteiger partial charge in [0.05, 0.1) is 33.8 Å². The van der Waals surface area contributed by atoms with Crippen LogP contribution in [0.15, 0.2) is 68.0 Å². The maximum absolute atomic E-state index is 11.8. The average Bonchev–Trinajstić information content (AvgIpc) is 3.43. The van der Waals surface area contributed by atoms with Crippen LogP contribution in [0.5, 0.6) is 5.75 Å². The fraction of sp³-hybridized carbons (Fsp3) is 0.182. The molecule has 3 aromatic rings. The zero-order valence-electron chi connectivity index (χ0n) is 15.8. The molecule has 0 spiro atoms. The first-order valence-corrected chi connectivity index (χ1v) is 11.8. The van der Waals surface area contributed by atoms with Crippen molar-refractivity contribution in [2.45, 2.75) is 18.7 Å². The molecule has 0 fully saturated rings. The monoisotopic (exact) mass is 546 g/mol. The van der Waals surface area contributed by atoms with Crippen LogP contribution in [0.2, 0.25) is 0 Å². The number of esters is 1. The van der Waals surface area contributed by atoms with Gasteiger partial charge in [-0.1, -0.05) is 34.1 Å². The van der Waals surface area contributed by atoms with E-state index in [4.69, 9.17) is 14.6 Å². The van der Waals surface area contributed by atoms with Gasteiger partial charge in [-0.25, -0.2) is 9.80 Å². The fourth-order valence-electron chi connectivity index (χ4n) is 3.83. The second kappa shape index (κ2) is 7.83. The summed E-state index contributed by atoms with van der Waals surface area (Å²) in [6.45, 7) is 0. The lowest BCUT2D eigenvalue weighted by atomic mass is 9.97. The molecule has 2 atom stereocenters. The number of carbonyl (C=O) groups excluding carboxylic acids is 1. The number of hydrazone groups is 1. The second-order valence-corrected chi connectivity index (χ2v) is 9.73. The lowest BCUT2D eigenvalue weighted by molar-refractivity contribution is -0.0197. The van der Waals surface area contributed by atoms with Gasteiger partial charge in [0.1, 0.15) is 5.75 Å². The number of halogens is 2. The third-order valence-corrected chi connectivity index (χ3v) is 7.20. The van der Waals surface area contributed by atoms with Crippen LogP contribution in [0.4, 0.5) is 0 Å². The van der Waals surface area contributed by atoms with Crippen molar-refractivity contribution in [1.82, 2.24) is 5.01 Å². The highest BCUT2D eigenvalue weighted by atomic mass is 79.9. The first kappa shape index (κ1) is 19.8. The Labute approximate surface area is 194 Å². The van der Waals surface area contributed by atoms with Crippen molar-refractivity contribution in [1.29, 1.82) is 0 Å². The SMILES string of the molecule is COC(=O)c1ccc([C@@H]2Oc3c(Br)cc(Br)cc3[C@H]3CC(c4cccs4)=NN32)cc1. The molecule has 0 radical (unpaired) electrons. The Morgan fingerprint density at radius 2 is 2.03 bits per heavy atom. The molecule has 0 N–H and O–H groups in total. The molecule has 0 bridgehead atoms. The van der Waals surface area contributed by atoms with Gasteiger partial charge in [-0.05, 0) is 51.6 Å². The lowest BCUT2D eigenvalue weighted by Gasteiger charge is -2.38. The number of methoxy groups -OCH3 is 1. The minimum absolute atomic E-state index is 0.0601. The molecule has 2 aliphatic rings. The summed E-state index contributed by atoms with van der Waals surface area (Å²) in [6.07, 6.45) is 0.403. The quantitative estimate of drug-likeness (QED) is 0.361. The normalized spacial score (nSPS) is 19.6. The van der Waals surface area contributed by atoms with E-state index >= 15 is 0 Å². The van der Waals surface area contributed by atoms with Crippen LogP contribution in [0.25, 0.3) is 0 Å². The summed E-state index contributed by atoms with van der Waals surface area (Å²) < 4.78 is 13.1. The topological polar surface area (TPSA) is 51.1 Å². The first-order valence-electron chi connectivity index (χ1n) is 9.28. The van der Waals surface area contributed by atoms with E-state index in [0.717, 1.165) is 38.0 Å². The molecule has 3 heterocycles. The van der Waals surface area contributed by atoms with Gasteiger partial charge in [0.15, 0.2) is 0 Å². The Morgan fingerprint density at radius 1 is 1.23 bits per heavy atom. The molecule has 5 rings (SSSR count). The van der Waals surface area contributed by atoms with Crippen molar-refractivity contribution in [3.05, 3.63) is 84.4 Å². The van der Waals surface area contributed by atoms with Gasteiger partial charge in [0.2, 0.25) is 6.23 Å². The van der Waals surface area contributed by atoms with Crippen LogP contribution >= 0.6 is 43.2 Å². The van der Waals surface area contributed by atoms with Crippen molar-refractivity contribution in [2.24, 2.45) is 5.10 Å². The smallest absolute Gasteiger partial charge is 0.337 e. The summed E-state index contributed by atoms with van der Waals surface area (Å²) in [7, 11) is 1.38. The molecular formula is C22H16Br2N2O3S. The maximum Gasteiger partial charge on any atom is 0.337 e. The minimum Gasteiger partial charge on any atom is -0.465 e. The number of carbonyl (C=O) groups is 1. The lowest BCUT2D eigenvalue weighted by Crippen LogP contribution is -2.34. The Balaban J connectivity index is 1.59. The summed E-state index contributed by atoms with van der Waals surface area (Å²) >= 11 is 8.94. The molecule has 0 saturated heterocycles. The van der Waals surface area contributed by atoms with E-state index in [9.17, 15) is 4.79 Å². The van der Waals surface area contributed by atoms with Crippen LogP contribution in [0, 0.1) is 0 Å². The van der Waals surface area contributed by atoms with Crippen LogP contribution in [0.3, 0.4) is 0 Å². The van der Waals surface area contributed by atoms with E-state index in [1.807, 2.05) is 29.3 Å². The summed E-state index contributed by atoms with van der Waals surface area (Å²) in [5, 5.41) is 9.05. The van der Waals surface area contributed by atoms with Gasteiger partial charge in [0, 0.05) is 22.0 Å². The highest BCUT2D eigenvalue weighted by molar-refractivity contribution is 9.11. The molecule has 0 aliphatic carbocycles.